The lowest BCUT2D eigenvalue weighted by molar-refractivity contribution is 0.308. The molecule has 0 bridgehead atoms. The smallest absolute Gasteiger partial charge is 0.191 e. The van der Waals surface area contributed by atoms with E-state index in [1.807, 2.05) is 0 Å². The van der Waals surface area contributed by atoms with Crippen molar-refractivity contribution in [1.82, 2.24) is 9.97 Å². The average molecular weight is 252 g/mol. The molecular weight excluding hydrogens is 232 g/mol. The maximum Gasteiger partial charge on any atom is 0.191 e. The molecule has 0 saturated heterocycles. The minimum atomic E-state index is 0.455. The Hall–Kier alpha value is -0.970. The second-order valence-corrected chi connectivity index (χ2v) is 6.43. The van der Waals surface area contributed by atoms with Crippen LogP contribution in [0.25, 0.3) is 0 Å². The highest BCUT2D eigenvalue weighted by atomic mass is 32.2. The fraction of sp³-hybridized carbons (Fsp3) is 0.667. The van der Waals surface area contributed by atoms with Gasteiger partial charge in [-0.2, -0.15) is 0 Å². The fourth-order valence-corrected chi connectivity index (χ4v) is 4.10. The highest BCUT2D eigenvalue weighted by molar-refractivity contribution is 7.99. The summed E-state index contributed by atoms with van der Waals surface area (Å²) in [6, 6.07) is 1.59. The molecule has 1 fully saturated rings. The van der Waals surface area contributed by atoms with E-state index in [0.29, 0.717) is 22.0 Å². The van der Waals surface area contributed by atoms with Gasteiger partial charge in [-0.15, -0.1) is 0 Å². The minimum absolute atomic E-state index is 0.455. The molecule has 1 aromatic rings. The van der Waals surface area contributed by atoms with Crippen molar-refractivity contribution in [1.29, 1.82) is 0 Å². The van der Waals surface area contributed by atoms with Crippen molar-refractivity contribution in [2.45, 2.75) is 43.5 Å². The predicted molar refractivity (Wildman–Crippen MR) is 72.7 cm³/mol. The topological polar surface area (TPSA) is 77.8 Å². The van der Waals surface area contributed by atoms with Gasteiger partial charge in [0, 0.05) is 11.3 Å². The lowest BCUT2D eigenvalue weighted by Gasteiger charge is -2.30. The van der Waals surface area contributed by atoms with Gasteiger partial charge in [-0.1, -0.05) is 25.6 Å². The van der Waals surface area contributed by atoms with Crippen LogP contribution in [0.3, 0.4) is 0 Å². The number of nitrogens with zero attached hydrogens (tertiary/aromatic N) is 2. The summed E-state index contributed by atoms with van der Waals surface area (Å²) in [5, 5.41) is 1.31. The van der Waals surface area contributed by atoms with E-state index in [4.69, 9.17) is 11.5 Å². The first-order chi connectivity index (χ1) is 8.02. The molecule has 0 aliphatic heterocycles. The summed E-state index contributed by atoms with van der Waals surface area (Å²) in [6.07, 6.45) is 3.79. The van der Waals surface area contributed by atoms with Gasteiger partial charge in [0.2, 0.25) is 0 Å². The first-order valence-electron chi connectivity index (χ1n) is 6.09. The maximum atomic E-state index is 5.67. The maximum absolute atomic E-state index is 5.67. The lowest BCUT2D eigenvalue weighted by Crippen LogP contribution is -2.21. The van der Waals surface area contributed by atoms with E-state index in [9.17, 15) is 0 Å². The monoisotopic (exact) mass is 252 g/mol. The van der Waals surface area contributed by atoms with E-state index in [1.54, 1.807) is 17.8 Å². The molecule has 2 unspecified atom stereocenters. The van der Waals surface area contributed by atoms with E-state index in [1.165, 1.54) is 19.3 Å². The van der Waals surface area contributed by atoms with Gasteiger partial charge in [-0.3, -0.25) is 0 Å². The second kappa shape index (κ2) is 5.12. The molecule has 0 radical (unpaired) electrons. The van der Waals surface area contributed by atoms with E-state index < -0.39 is 0 Å². The molecule has 4 nitrogen and oxygen atoms in total. The summed E-state index contributed by atoms with van der Waals surface area (Å²) in [6.45, 7) is 4.63. The second-order valence-electron chi connectivity index (χ2n) is 5.16. The highest BCUT2D eigenvalue weighted by Crippen LogP contribution is 2.37. The van der Waals surface area contributed by atoms with Gasteiger partial charge >= 0.3 is 0 Å². The molecule has 1 saturated carbocycles. The number of anilines is 2. The minimum Gasteiger partial charge on any atom is -0.383 e. The van der Waals surface area contributed by atoms with Crippen LogP contribution >= 0.6 is 11.8 Å². The van der Waals surface area contributed by atoms with Crippen LogP contribution in [-0.2, 0) is 0 Å². The Balaban J connectivity index is 2.04. The van der Waals surface area contributed by atoms with Gasteiger partial charge in [-0.05, 0) is 31.1 Å². The Morgan fingerprint density at radius 1 is 1.06 bits per heavy atom. The molecule has 0 aromatic carbocycles. The number of rotatable bonds is 2. The first-order valence-corrected chi connectivity index (χ1v) is 6.97. The standard InChI is InChI=1S/C12H20N4S/c1-7-3-8(2)5-9(4-7)17-12-15-10(13)6-11(14)16-12/h6-9H,3-5H2,1-2H3,(H4,13,14,15,16). The highest BCUT2D eigenvalue weighted by Gasteiger charge is 2.25. The summed E-state index contributed by atoms with van der Waals surface area (Å²) in [5.41, 5.74) is 11.3. The predicted octanol–water partition coefficient (Wildman–Crippen LogP) is 2.56. The third-order valence-electron chi connectivity index (χ3n) is 3.15. The molecule has 1 aliphatic carbocycles. The van der Waals surface area contributed by atoms with Crippen molar-refractivity contribution in [2.75, 3.05) is 11.5 Å². The number of nitrogen functional groups attached to an aromatic ring is 2. The SMILES string of the molecule is CC1CC(C)CC(Sc2nc(N)cc(N)n2)C1. The third-order valence-corrected chi connectivity index (χ3v) is 4.26. The first kappa shape index (κ1) is 12.5. The summed E-state index contributed by atoms with van der Waals surface area (Å²) in [7, 11) is 0. The number of hydrogen-bond donors (Lipinski definition) is 2. The summed E-state index contributed by atoms with van der Waals surface area (Å²) >= 11 is 1.72. The van der Waals surface area contributed by atoms with Crippen LogP contribution in [0.15, 0.2) is 11.2 Å². The summed E-state index contributed by atoms with van der Waals surface area (Å²) in [4.78, 5) is 8.46. The molecule has 1 aromatic heterocycles. The molecule has 1 heterocycles. The Kier molecular flexibility index (Phi) is 3.76. The fourth-order valence-electron chi connectivity index (χ4n) is 2.63. The molecule has 0 amide bonds. The quantitative estimate of drug-likeness (QED) is 0.791. The average Bonchev–Trinajstić information content (AvgIpc) is 2.13. The number of aromatic nitrogens is 2. The van der Waals surface area contributed by atoms with Gasteiger partial charge in [0.1, 0.15) is 11.6 Å². The zero-order chi connectivity index (χ0) is 12.4. The van der Waals surface area contributed by atoms with E-state index >= 15 is 0 Å². The van der Waals surface area contributed by atoms with Crippen LogP contribution in [0.2, 0.25) is 0 Å². The van der Waals surface area contributed by atoms with Crippen LogP contribution in [0.5, 0.6) is 0 Å². The van der Waals surface area contributed by atoms with Crippen molar-refractivity contribution in [3.63, 3.8) is 0 Å². The Morgan fingerprint density at radius 3 is 2.12 bits per heavy atom. The summed E-state index contributed by atoms with van der Waals surface area (Å²) in [5.74, 6) is 2.48. The van der Waals surface area contributed by atoms with Crippen molar-refractivity contribution < 1.29 is 0 Å². The van der Waals surface area contributed by atoms with Gasteiger partial charge in [0.15, 0.2) is 5.16 Å². The van der Waals surface area contributed by atoms with Crippen molar-refractivity contribution in [3.05, 3.63) is 6.07 Å². The third kappa shape index (κ3) is 3.49. The van der Waals surface area contributed by atoms with Gasteiger partial charge < -0.3 is 11.5 Å². The van der Waals surface area contributed by atoms with Gasteiger partial charge in [0.05, 0.1) is 0 Å². The van der Waals surface area contributed by atoms with Crippen LogP contribution in [0.1, 0.15) is 33.1 Å². The summed E-state index contributed by atoms with van der Waals surface area (Å²) < 4.78 is 0. The van der Waals surface area contributed by atoms with E-state index in [2.05, 4.69) is 23.8 Å². The van der Waals surface area contributed by atoms with Crippen molar-refractivity contribution in [2.24, 2.45) is 11.8 Å². The normalized spacial score (nSPS) is 29.2. The number of thioether (sulfide) groups is 1. The molecular formula is C12H20N4S. The van der Waals surface area contributed by atoms with Crippen LogP contribution in [0, 0.1) is 11.8 Å². The molecule has 2 atom stereocenters. The Labute approximate surface area is 107 Å². The van der Waals surface area contributed by atoms with Crippen LogP contribution < -0.4 is 11.5 Å². The largest absolute Gasteiger partial charge is 0.383 e. The molecule has 94 valence electrons. The van der Waals surface area contributed by atoms with Crippen LogP contribution in [0.4, 0.5) is 11.6 Å². The van der Waals surface area contributed by atoms with Crippen molar-refractivity contribution >= 4 is 23.4 Å². The zero-order valence-electron chi connectivity index (χ0n) is 10.4. The molecule has 4 N–H and O–H groups in total. The van der Waals surface area contributed by atoms with Gasteiger partial charge in [-0.25, -0.2) is 9.97 Å². The number of hydrogen-bond acceptors (Lipinski definition) is 5. The van der Waals surface area contributed by atoms with Crippen molar-refractivity contribution in [3.8, 4) is 0 Å². The van der Waals surface area contributed by atoms with E-state index in [0.717, 1.165) is 11.8 Å². The van der Waals surface area contributed by atoms with E-state index in [-0.39, 0.29) is 0 Å². The molecule has 2 rings (SSSR count). The number of nitrogens with two attached hydrogens (primary N) is 2. The Morgan fingerprint density at radius 2 is 1.59 bits per heavy atom. The molecule has 0 spiro atoms. The molecule has 5 heteroatoms. The van der Waals surface area contributed by atoms with Gasteiger partial charge in [0.25, 0.3) is 0 Å². The molecule has 1 aliphatic rings. The molecule has 17 heavy (non-hydrogen) atoms. The Bertz CT molecular complexity index is 366. The lowest BCUT2D eigenvalue weighted by atomic mass is 9.83. The zero-order valence-corrected chi connectivity index (χ0v) is 11.2. The van der Waals surface area contributed by atoms with Crippen LogP contribution in [-0.4, -0.2) is 15.2 Å².